The molecule has 0 saturated carbocycles. The van der Waals surface area contributed by atoms with E-state index >= 15 is 0 Å². The summed E-state index contributed by atoms with van der Waals surface area (Å²) in [5, 5.41) is 16.7. The van der Waals surface area contributed by atoms with Crippen molar-refractivity contribution in [2.24, 2.45) is 0 Å². The summed E-state index contributed by atoms with van der Waals surface area (Å²) in [6, 6.07) is 0. The van der Waals surface area contributed by atoms with E-state index in [4.69, 9.17) is 41.6 Å². The lowest BCUT2D eigenvalue weighted by Crippen LogP contribution is -2.67. The molecule has 0 aliphatic carbocycles. The molecule has 0 spiro atoms. The predicted molar refractivity (Wildman–Crippen MR) is 169 cm³/mol. The van der Waals surface area contributed by atoms with E-state index in [1.54, 1.807) is 42.7 Å². The molecule has 0 heterocycles. The molecule has 0 aliphatic heterocycles. The van der Waals surface area contributed by atoms with Crippen molar-refractivity contribution in [2.75, 3.05) is 83.9 Å². The van der Waals surface area contributed by atoms with Crippen molar-refractivity contribution in [3.8, 4) is 0 Å². The van der Waals surface area contributed by atoms with E-state index in [-0.39, 0.29) is 11.3 Å². The Morgan fingerprint density at radius 1 is 0.548 bits per heavy atom. The third-order valence-electron chi connectivity index (χ3n) is 8.16. The number of carbonyl (C=O) groups is 1. The van der Waals surface area contributed by atoms with Gasteiger partial charge in [-0.3, -0.25) is 0 Å². The minimum atomic E-state index is -2.58. The topological polar surface area (TPSA) is 119 Å². The van der Waals surface area contributed by atoms with Crippen LogP contribution in [0, 0.1) is 0 Å². The zero-order chi connectivity index (χ0) is 33.5. The maximum absolute atomic E-state index is 8.33. The Kier molecular flexibility index (Phi) is 26.9. The molecule has 0 saturated heterocycles. The maximum Gasteiger partial charge on any atom is 0.561 e. The number of rotatable bonds is 22. The van der Waals surface area contributed by atoms with Gasteiger partial charge in [0.25, 0.3) is 0 Å². The minimum Gasteiger partial charge on any atom is -0.652 e. The molecule has 0 fully saturated rings. The highest BCUT2D eigenvalue weighted by molar-refractivity contribution is 6.62. The van der Waals surface area contributed by atoms with Crippen molar-refractivity contribution < 1.29 is 50.5 Å². The average molecular weight is 645 g/mol. The van der Waals surface area contributed by atoms with Gasteiger partial charge in [-0.2, -0.15) is 0 Å². The van der Waals surface area contributed by atoms with Crippen molar-refractivity contribution in [2.45, 2.75) is 103 Å². The van der Waals surface area contributed by atoms with Gasteiger partial charge in [-0.1, -0.05) is 53.4 Å². The van der Waals surface area contributed by atoms with Gasteiger partial charge in [0, 0.05) is 55.5 Å². The van der Waals surface area contributed by atoms with E-state index < -0.39 is 23.8 Å². The third-order valence-corrected chi connectivity index (χ3v) is 15.4. The Bertz CT molecular complexity index is 582. The first kappa shape index (κ1) is 45.8. The molecule has 0 aromatic rings. The van der Waals surface area contributed by atoms with Crippen molar-refractivity contribution in [1.29, 1.82) is 0 Å². The number of nitrogens with zero attached hydrogens (tertiary/aromatic N) is 2. The van der Waals surface area contributed by atoms with Crippen LogP contribution in [0.1, 0.15) is 91.9 Å². The second-order valence-electron chi connectivity index (χ2n) is 11.7. The van der Waals surface area contributed by atoms with Crippen molar-refractivity contribution in [1.82, 2.24) is 0 Å². The molecule has 0 aromatic carbocycles. The lowest BCUT2D eigenvalue weighted by molar-refractivity contribution is -0.906. The van der Waals surface area contributed by atoms with Crippen LogP contribution in [0.2, 0.25) is 0 Å². The quantitative estimate of drug-likeness (QED) is 0.0994. The van der Waals surface area contributed by atoms with Gasteiger partial charge >= 0.3 is 17.6 Å². The van der Waals surface area contributed by atoms with Crippen LogP contribution in [0.15, 0.2) is 0 Å². The van der Waals surface area contributed by atoms with E-state index in [2.05, 4.69) is 55.9 Å². The van der Waals surface area contributed by atoms with Gasteiger partial charge in [0.1, 0.15) is 0 Å². The Labute approximate surface area is 261 Å². The molecule has 0 radical (unpaired) electrons. The second-order valence-corrected chi connectivity index (χ2v) is 17.9. The first-order valence-electron chi connectivity index (χ1n) is 15.4. The number of carbonyl (C=O) groups excluding carboxylic acids is 1. The molecule has 2 unspecified atom stereocenters. The normalized spacial score (nSPS) is 13.9. The lowest BCUT2D eigenvalue weighted by atomic mass is 10.2. The number of hydrogen-bond acceptors (Lipinski definition) is 9. The zero-order valence-corrected chi connectivity index (χ0v) is 31.7. The highest BCUT2D eigenvalue weighted by Gasteiger charge is 2.56. The van der Waals surface area contributed by atoms with Crippen LogP contribution < -0.4 is 10.2 Å². The van der Waals surface area contributed by atoms with Crippen LogP contribution in [-0.4, -0.2) is 128 Å². The summed E-state index contributed by atoms with van der Waals surface area (Å²) >= 11 is 0. The summed E-state index contributed by atoms with van der Waals surface area (Å²) < 4.78 is 35.9. The summed E-state index contributed by atoms with van der Waals surface area (Å²) in [6.45, 7) is 11.2. The highest BCUT2D eigenvalue weighted by Crippen LogP contribution is 2.26. The molecule has 13 heteroatoms. The number of quaternary nitrogens is 2. The molecule has 42 heavy (non-hydrogen) atoms. The van der Waals surface area contributed by atoms with E-state index in [1.807, 2.05) is 0 Å². The van der Waals surface area contributed by atoms with Crippen molar-refractivity contribution >= 4 is 23.8 Å². The third kappa shape index (κ3) is 16.5. The Morgan fingerprint density at radius 3 is 0.952 bits per heavy atom. The monoisotopic (exact) mass is 644 g/mol. The number of carboxylic acid groups (broad SMARTS) is 2. The Hall–Kier alpha value is -0.616. The summed E-state index contributed by atoms with van der Waals surface area (Å²) in [5.74, 6) is 0. The fraction of sp³-hybridized carbons (Fsp3) is 0.966. The molecule has 0 N–H and O–H groups in total. The fourth-order valence-electron chi connectivity index (χ4n) is 5.86. The van der Waals surface area contributed by atoms with Crippen LogP contribution in [0.4, 0.5) is 4.79 Å². The average Bonchev–Trinajstić information content (AvgIpc) is 2.95. The van der Waals surface area contributed by atoms with Gasteiger partial charge in [0.05, 0.1) is 41.3 Å². The molecule has 2 atom stereocenters. The first-order valence-corrected chi connectivity index (χ1v) is 19.1. The van der Waals surface area contributed by atoms with E-state index in [1.165, 1.54) is 51.4 Å². The van der Waals surface area contributed by atoms with Crippen LogP contribution >= 0.6 is 0 Å². The largest absolute Gasteiger partial charge is 0.652 e. The first-order chi connectivity index (χ1) is 19.6. The van der Waals surface area contributed by atoms with Gasteiger partial charge in [-0.15, -0.1) is 0 Å². The predicted octanol–water partition coefficient (Wildman–Crippen LogP) is 3.23. The molecular formula is C29H68N2O9Si2. The van der Waals surface area contributed by atoms with Gasteiger partial charge in [-0.05, 0) is 31.8 Å². The lowest BCUT2D eigenvalue weighted by Gasteiger charge is -2.43. The molecule has 0 aromatic heterocycles. The van der Waals surface area contributed by atoms with Crippen LogP contribution in [-0.2, 0) is 26.6 Å². The molecule has 0 aliphatic rings. The molecule has 0 amide bonds. The zero-order valence-electron chi connectivity index (χ0n) is 29.7. The molecule has 256 valence electrons. The van der Waals surface area contributed by atoms with E-state index in [0.717, 1.165) is 34.9 Å². The molecule has 0 bridgehead atoms. The molecule has 0 rings (SSSR count). The molecular weight excluding hydrogens is 576 g/mol. The Balaban J connectivity index is -0.000000641. The SMILES string of the molecule is CCCCCC[N+](C)(C)C(CC)[Si](OC)(OC)OC.CCCCCC[N+](C)(C)C(CC)[Si](OC)(OC)OC.O=C([O-])[O-]. The smallest absolute Gasteiger partial charge is 0.561 e. The van der Waals surface area contributed by atoms with E-state index in [0.29, 0.717) is 0 Å². The molecule has 11 nitrogen and oxygen atoms in total. The summed E-state index contributed by atoms with van der Waals surface area (Å²) in [4.78, 5) is 8.33. The number of unbranched alkanes of at least 4 members (excludes halogenated alkanes) is 6. The summed E-state index contributed by atoms with van der Waals surface area (Å²) in [5.41, 5.74) is 0.572. The van der Waals surface area contributed by atoms with Gasteiger partial charge in [0.2, 0.25) is 0 Å². The van der Waals surface area contributed by atoms with Gasteiger partial charge < -0.3 is 50.5 Å². The van der Waals surface area contributed by atoms with Crippen molar-refractivity contribution in [3.63, 3.8) is 0 Å². The van der Waals surface area contributed by atoms with Gasteiger partial charge in [0.15, 0.2) is 11.3 Å². The standard InChI is InChI=1S/2C14H34NO3Si.CH2O3/c2*1-8-10-11-12-13-15(3,4)14(9-2)19(16-5,17-6)18-7;2-1(3)4/h2*14H,8-13H2,1-7H3;(H2,2,3,4)/q2*+1;/p-2. The maximum atomic E-state index is 8.33. The number of hydrogen-bond donors (Lipinski definition) is 0. The highest BCUT2D eigenvalue weighted by atomic mass is 28.4. The van der Waals surface area contributed by atoms with Gasteiger partial charge in [-0.25, -0.2) is 0 Å². The summed E-state index contributed by atoms with van der Waals surface area (Å²) in [6.07, 6.45) is 9.96. The second kappa shape index (κ2) is 24.7. The van der Waals surface area contributed by atoms with E-state index in [9.17, 15) is 0 Å². The minimum absolute atomic E-state index is 0.286. The Morgan fingerprint density at radius 2 is 0.786 bits per heavy atom. The van der Waals surface area contributed by atoms with Crippen LogP contribution in [0.5, 0.6) is 0 Å². The van der Waals surface area contributed by atoms with Crippen LogP contribution in [0.25, 0.3) is 0 Å². The summed E-state index contributed by atoms with van der Waals surface area (Å²) in [7, 11) is 14.1. The fourth-order valence-corrected chi connectivity index (χ4v) is 11.5. The van der Waals surface area contributed by atoms with Crippen LogP contribution in [0.3, 0.4) is 0 Å². The van der Waals surface area contributed by atoms with Crippen molar-refractivity contribution in [3.05, 3.63) is 0 Å².